The van der Waals surface area contributed by atoms with Gasteiger partial charge < -0.3 is 10.5 Å². The topological polar surface area (TPSA) is 66.0 Å². The van der Waals surface area contributed by atoms with Crippen LogP contribution in [0, 0.1) is 6.92 Å². The molecule has 1 heterocycles. The van der Waals surface area contributed by atoms with Gasteiger partial charge in [0.25, 0.3) is 0 Å². The minimum Gasteiger partial charge on any atom is -0.422 e. The van der Waals surface area contributed by atoms with E-state index in [1.54, 1.807) is 24.1 Å². The molecule has 0 fully saturated rings. The molecule has 0 unspecified atom stereocenters. The highest BCUT2D eigenvalue weighted by Gasteiger charge is 2.10. The summed E-state index contributed by atoms with van der Waals surface area (Å²) >= 11 is 4.98. The lowest BCUT2D eigenvalue weighted by molar-refractivity contribution is 0.438. The quantitative estimate of drug-likeness (QED) is 0.835. The van der Waals surface area contributed by atoms with Gasteiger partial charge in [0.15, 0.2) is 0 Å². The maximum Gasteiger partial charge on any atom is 0.341 e. The van der Waals surface area contributed by atoms with Gasteiger partial charge in [-0.3, -0.25) is 4.68 Å². The molecule has 17 heavy (non-hydrogen) atoms. The summed E-state index contributed by atoms with van der Waals surface area (Å²) in [6, 6.07) is 5.87. The second-order valence-corrected chi connectivity index (χ2v) is 4.11. The third-order valence-corrected chi connectivity index (χ3v) is 2.40. The minimum atomic E-state index is 0.272. The Morgan fingerprint density at radius 1 is 1.47 bits per heavy atom. The van der Waals surface area contributed by atoms with Gasteiger partial charge in [-0.05, 0) is 19.1 Å². The number of rotatable bonds is 3. The lowest BCUT2D eigenvalue weighted by Crippen LogP contribution is -2.11. The average molecular weight is 248 g/mol. The summed E-state index contributed by atoms with van der Waals surface area (Å²) in [5.41, 5.74) is 7.40. The number of aryl methyl sites for hydroxylation is 2. The van der Waals surface area contributed by atoms with Crippen molar-refractivity contribution in [1.82, 2.24) is 14.8 Å². The van der Waals surface area contributed by atoms with Gasteiger partial charge in [-0.1, -0.05) is 23.8 Å². The molecule has 5 nitrogen and oxygen atoms in total. The largest absolute Gasteiger partial charge is 0.422 e. The zero-order chi connectivity index (χ0) is 12.4. The minimum absolute atomic E-state index is 0.272. The fraction of sp³-hybridized carbons (Fsp3) is 0.182. The highest BCUT2D eigenvalue weighted by atomic mass is 32.1. The van der Waals surface area contributed by atoms with Crippen LogP contribution in [-0.4, -0.2) is 19.8 Å². The van der Waals surface area contributed by atoms with E-state index < -0.39 is 0 Å². The predicted octanol–water partition coefficient (Wildman–Crippen LogP) is 1.55. The van der Waals surface area contributed by atoms with E-state index in [1.807, 2.05) is 19.1 Å². The third kappa shape index (κ3) is 2.59. The van der Waals surface area contributed by atoms with Crippen LogP contribution in [0.3, 0.4) is 0 Å². The first-order chi connectivity index (χ1) is 8.06. The number of nitrogens with zero attached hydrogens (tertiary/aromatic N) is 3. The van der Waals surface area contributed by atoms with Crippen molar-refractivity contribution < 1.29 is 4.74 Å². The van der Waals surface area contributed by atoms with Crippen LogP contribution in [0.5, 0.6) is 11.8 Å². The van der Waals surface area contributed by atoms with Crippen molar-refractivity contribution in [3.05, 3.63) is 35.7 Å². The number of nitrogens with two attached hydrogens (primary N) is 1. The van der Waals surface area contributed by atoms with E-state index in [4.69, 9.17) is 22.7 Å². The van der Waals surface area contributed by atoms with E-state index in [9.17, 15) is 0 Å². The van der Waals surface area contributed by atoms with Crippen molar-refractivity contribution in [2.24, 2.45) is 12.8 Å². The van der Waals surface area contributed by atoms with Gasteiger partial charge in [0.05, 0.1) is 5.56 Å². The normalized spacial score (nSPS) is 10.2. The molecule has 0 aliphatic heterocycles. The Morgan fingerprint density at radius 2 is 2.24 bits per heavy atom. The Morgan fingerprint density at radius 3 is 2.82 bits per heavy atom. The van der Waals surface area contributed by atoms with Gasteiger partial charge >= 0.3 is 6.01 Å². The maximum atomic E-state index is 5.65. The van der Waals surface area contributed by atoms with Crippen LogP contribution >= 0.6 is 12.2 Å². The summed E-state index contributed by atoms with van der Waals surface area (Å²) in [4.78, 5) is 4.27. The Kier molecular flexibility index (Phi) is 3.06. The maximum absolute atomic E-state index is 5.65. The number of thiocarbonyl (C=S) groups is 1. The molecule has 1 aromatic carbocycles. The monoisotopic (exact) mass is 248 g/mol. The van der Waals surface area contributed by atoms with Crippen LogP contribution in [0.1, 0.15) is 11.1 Å². The Labute approximate surface area is 104 Å². The first-order valence-electron chi connectivity index (χ1n) is 5.00. The number of aromatic nitrogens is 3. The SMILES string of the molecule is Cc1ccc(Oc2ncn(C)n2)c(C(N)=S)c1. The summed E-state index contributed by atoms with van der Waals surface area (Å²) in [7, 11) is 1.77. The predicted molar refractivity (Wildman–Crippen MR) is 68.1 cm³/mol. The van der Waals surface area contributed by atoms with Crippen LogP contribution in [-0.2, 0) is 7.05 Å². The zero-order valence-electron chi connectivity index (χ0n) is 9.54. The molecule has 2 aromatic rings. The first kappa shape index (κ1) is 11.5. The lowest BCUT2D eigenvalue weighted by atomic mass is 10.1. The van der Waals surface area contributed by atoms with E-state index in [0.29, 0.717) is 16.3 Å². The second kappa shape index (κ2) is 4.50. The molecule has 0 bridgehead atoms. The molecule has 0 amide bonds. The molecule has 2 N–H and O–H groups in total. The lowest BCUT2D eigenvalue weighted by Gasteiger charge is -2.08. The molecule has 0 radical (unpaired) electrons. The van der Waals surface area contributed by atoms with Gasteiger partial charge in [0.2, 0.25) is 0 Å². The van der Waals surface area contributed by atoms with E-state index in [2.05, 4.69) is 10.1 Å². The van der Waals surface area contributed by atoms with Crippen molar-refractivity contribution in [3.8, 4) is 11.8 Å². The molecule has 0 saturated carbocycles. The van der Waals surface area contributed by atoms with Crippen LogP contribution in [0.4, 0.5) is 0 Å². The molecule has 0 aliphatic carbocycles. The van der Waals surface area contributed by atoms with Gasteiger partial charge in [-0.2, -0.15) is 4.98 Å². The highest BCUT2D eigenvalue weighted by molar-refractivity contribution is 7.80. The molecule has 88 valence electrons. The summed E-state index contributed by atoms with van der Waals surface area (Å²) in [5.74, 6) is 0.564. The van der Waals surface area contributed by atoms with E-state index >= 15 is 0 Å². The first-order valence-corrected chi connectivity index (χ1v) is 5.41. The second-order valence-electron chi connectivity index (χ2n) is 3.67. The average Bonchev–Trinajstić information content (AvgIpc) is 2.66. The van der Waals surface area contributed by atoms with Crippen LogP contribution in [0.25, 0.3) is 0 Å². The molecule has 0 spiro atoms. The number of hydrogen-bond donors (Lipinski definition) is 1. The molecular formula is C11H12N4OS. The molecule has 0 aliphatic rings. The van der Waals surface area contributed by atoms with E-state index in [0.717, 1.165) is 5.56 Å². The number of ether oxygens (including phenoxy) is 1. The van der Waals surface area contributed by atoms with Crippen molar-refractivity contribution in [2.45, 2.75) is 6.92 Å². The van der Waals surface area contributed by atoms with Crippen LogP contribution in [0.2, 0.25) is 0 Å². The summed E-state index contributed by atoms with van der Waals surface area (Å²) < 4.78 is 7.10. The van der Waals surface area contributed by atoms with Gasteiger partial charge in [-0.25, -0.2) is 0 Å². The molecule has 2 rings (SSSR count). The molecule has 1 aromatic heterocycles. The van der Waals surface area contributed by atoms with Crippen molar-refractivity contribution in [3.63, 3.8) is 0 Å². The van der Waals surface area contributed by atoms with Gasteiger partial charge in [0.1, 0.15) is 17.1 Å². The van der Waals surface area contributed by atoms with Gasteiger partial charge in [-0.15, -0.1) is 5.10 Å². The Hall–Kier alpha value is -1.95. The standard InChI is InChI=1S/C11H12N4OS/c1-7-3-4-9(8(5-7)10(12)17)16-11-13-6-15(2)14-11/h3-6H,1-2H3,(H2,12,17). The van der Waals surface area contributed by atoms with Gasteiger partial charge in [0, 0.05) is 7.05 Å². The number of benzene rings is 1. The van der Waals surface area contributed by atoms with E-state index in [1.165, 1.54) is 0 Å². The smallest absolute Gasteiger partial charge is 0.341 e. The molecule has 0 saturated heterocycles. The molecular weight excluding hydrogens is 236 g/mol. The fourth-order valence-corrected chi connectivity index (χ4v) is 1.55. The number of hydrogen-bond acceptors (Lipinski definition) is 4. The molecule has 0 atom stereocenters. The Bertz CT molecular complexity index is 564. The highest BCUT2D eigenvalue weighted by Crippen LogP contribution is 2.23. The molecule has 6 heteroatoms. The summed E-state index contributed by atoms with van der Waals surface area (Å²) in [5, 5.41) is 4.03. The third-order valence-electron chi connectivity index (χ3n) is 2.18. The summed E-state index contributed by atoms with van der Waals surface area (Å²) in [6.07, 6.45) is 1.56. The van der Waals surface area contributed by atoms with E-state index in [-0.39, 0.29) is 6.01 Å². The zero-order valence-corrected chi connectivity index (χ0v) is 10.4. The van der Waals surface area contributed by atoms with Crippen molar-refractivity contribution in [1.29, 1.82) is 0 Å². The fourth-order valence-electron chi connectivity index (χ4n) is 1.39. The van der Waals surface area contributed by atoms with Crippen molar-refractivity contribution in [2.75, 3.05) is 0 Å². The van der Waals surface area contributed by atoms with Crippen LogP contribution < -0.4 is 10.5 Å². The van der Waals surface area contributed by atoms with Crippen LogP contribution in [0.15, 0.2) is 24.5 Å². The summed E-state index contributed by atoms with van der Waals surface area (Å²) in [6.45, 7) is 1.96. The van der Waals surface area contributed by atoms with Crippen molar-refractivity contribution >= 4 is 17.2 Å². The Balaban J connectivity index is 2.35.